The zero-order valence-corrected chi connectivity index (χ0v) is 7.46. The fraction of sp³-hybridized carbons (Fsp3) is 1.00. The van der Waals surface area contributed by atoms with Gasteiger partial charge >= 0.3 is 0 Å². The Hall–Kier alpha value is 0.240. The number of thiol groups is 1. The molecule has 0 unspecified atom stereocenters. The van der Waals surface area contributed by atoms with Crippen LogP contribution in [0.3, 0.4) is 0 Å². The molecule has 0 aromatic rings. The second-order valence-electron chi connectivity index (χ2n) is 4.10. The van der Waals surface area contributed by atoms with E-state index in [2.05, 4.69) is 12.6 Å². The summed E-state index contributed by atoms with van der Waals surface area (Å²) in [5, 5.41) is 0. The minimum atomic E-state index is -0.162. The second-order valence-corrected chi connectivity index (χ2v) is 5.05. The molecule has 0 atom stereocenters. The Morgan fingerprint density at radius 3 is 1.82 bits per heavy atom. The number of rotatable bonds is 1. The molecule has 1 nitrogen and oxygen atoms in total. The van der Waals surface area contributed by atoms with Crippen LogP contribution in [0.15, 0.2) is 0 Å². The molecule has 11 heavy (non-hydrogen) atoms. The van der Waals surface area contributed by atoms with Crippen molar-refractivity contribution in [1.82, 2.24) is 5.54 Å². The Balaban J connectivity index is 2.12. The van der Waals surface area contributed by atoms with Gasteiger partial charge in [-0.2, -0.15) is 18.2 Å². The van der Waals surface area contributed by atoms with Gasteiger partial charge in [-0.1, -0.05) is 0 Å². The van der Waals surface area contributed by atoms with Crippen LogP contribution < -0.4 is 5.54 Å². The highest BCUT2D eigenvalue weighted by molar-refractivity contribution is 7.81. The monoisotopic (exact) mass is 175 g/mol. The highest BCUT2D eigenvalue weighted by atomic mass is 32.1. The first-order valence-electron chi connectivity index (χ1n) is 4.28. The molecule has 0 saturated heterocycles. The molecule has 3 aliphatic carbocycles. The maximum absolute atomic E-state index is 12.4. The van der Waals surface area contributed by atoms with E-state index in [0.717, 1.165) is 38.5 Å². The summed E-state index contributed by atoms with van der Waals surface area (Å²) in [5.74, 6) is 0. The van der Waals surface area contributed by atoms with E-state index in [1.54, 1.807) is 0 Å². The Morgan fingerprint density at radius 1 is 1.00 bits per heavy atom. The average molecular weight is 175 g/mol. The van der Waals surface area contributed by atoms with Crippen LogP contribution >= 0.6 is 12.6 Å². The van der Waals surface area contributed by atoms with E-state index in [1.807, 2.05) is 5.54 Å². The maximum Gasteiger partial charge on any atom is 0.0483 e. The minimum Gasteiger partial charge on any atom is -0.172 e. The van der Waals surface area contributed by atoms with Crippen LogP contribution in [0.5, 0.6) is 0 Å². The summed E-state index contributed by atoms with van der Waals surface area (Å²) >= 11 is 4.61. The van der Waals surface area contributed by atoms with Gasteiger partial charge < -0.3 is 0 Å². The van der Waals surface area contributed by atoms with Gasteiger partial charge in [0.25, 0.3) is 0 Å². The highest BCUT2D eigenvalue weighted by Crippen LogP contribution is 2.49. The second kappa shape index (κ2) is 2.36. The average Bonchev–Trinajstić information content (AvgIpc) is 2.07. The normalized spacial score (nSPS) is 49.6. The van der Waals surface area contributed by atoms with Crippen LogP contribution in [0.1, 0.15) is 38.5 Å². The van der Waals surface area contributed by atoms with E-state index in [1.165, 1.54) is 0 Å². The van der Waals surface area contributed by atoms with Gasteiger partial charge in [0, 0.05) is 10.3 Å². The van der Waals surface area contributed by atoms with Crippen molar-refractivity contribution in [3.63, 3.8) is 0 Å². The summed E-state index contributed by atoms with van der Waals surface area (Å²) in [6, 6.07) is 0. The van der Waals surface area contributed by atoms with E-state index < -0.39 is 0 Å². The topological polar surface area (TPSA) is 12.0 Å². The third-order valence-corrected chi connectivity index (χ3v) is 4.08. The first-order chi connectivity index (χ1) is 5.18. The Bertz CT molecular complexity index is 147. The van der Waals surface area contributed by atoms with E-state index >= 15 is 0 Å². The molecule has 3 rings (SSSR count). The lowest BCUT2D eigenvalue weighted by molar-refractivity contribution is 0.0590. The van der Waals surface area contributed by atoms with Crippen molar-refractivity contribution in [2.24, 2.45) is 0 Å². The zero-order valence-electron chi connectivity index (χ0n) is 6.57. The van der Waals surface area contributed by atoms with E-state index in [0.29, 0.717) is 0 Å². The molecule has 0 spiro atoms. The molecule has 3 heteroatoms. The van der Waals surface area contributed by atoms with Crippen molar-refractivity contribution < 1.29 is 4.48 Å². The number of halogens is 1. The SMILES string of the molecule is FNC12CCC(S)(CC1)CC2. The lowest BCUT2D eigenvalue weighted by atomic mass is 9.66. The van der Waals surface area contributed by atoms with Gasteiger partial charge in [0.1, 0.15) is 0 Å². The van der Waals surface area contributed by atoms with Crippen LogP contribution in [0.25, 0.3) is 0 Å². The molecule has 0 heterocycles. The fourth-order valence-electron chi connectivity index (χ4n) is 2.31. The summed E-state index contributed by atoms with van der Waals surface area (Å²) < 4.78 is 12.7. The van der Waals surface area contributed by atoms with Crippen molar-refractivity contribution in [3.8, 4) is 0 Å². The molecule has 2 bridgehead atoms. The van der Waals surface area contributed by atoms with Crippen molar-refractivity contribution >= 4 is 12.6 Å². The summed E-state index contributed by atoms with van der Waals surface area (Å²) in [7, 11) is 0. The Kier molecular flexibility index (Phi) is 1.69. The molecule has 0 radical (unpaired) electrons. The Morgan fingerprint density at radius 2 is 1.45 bits per heavy atom. The summed E-state index contributed by atoms with van der Waals surface area (Å²) in [6.45, 7) is 0. The largest absolute Gasteiger partial charge is 0.172 e. The fourth-order valence-corrected chi connectivity index (χ4v) is 2.64. The molecule has 3 saturated carbocycles. The van der Waals surface area contributed by atoms with Crippen molar-refractivity contribution in [3.05, 3.63) is 0 Å². The molecular weight excluding hydrogens is 161 g/mol. The molecule has 0 aromatic carbocycles. The van der Waals surface area contributed by atoms with Crippen LogP contribution in [0.4, 0.5) is 4.48 Å². The van der Waals surface area contributed by atoms with Gasteiger partial charge in [-0.15, -0.1) is 4.48 Å². The molecule has 64 valence electrons. The maximum atomic E-state index is 12.4. The lowest BCUT2D eigenvalue weighted by Crippen LogP contribution is -2.53. The lowest BCUT2D eigenvalue weighted by Gasteiger charge is -2.50. The molecular formula is C8H14FNS. The van der Waals surface area contributed by atoms with Crippen LogP contribution in [0, 0.1) is 0 Å². The van der Waals surface area contributed by atoms with Crippen LogP contribution in [0.2, 0.25) is 0 Å². The number of hydrogen-bond acceptors (Lipinski definition) is 2. The summed E-state index contributed by atoms with van der Waals surface area (Å²) in [4.78, 5) is 0. The van der Waals surface area contributed by atoms with E-state index in [9.17, 15) is 4.48 Å². The molecule has 0 aromatic heterocycles. The number of nitrogens with one attached hydrogen (secondary N) is 1. The van der Waals surface area contributed by atoms with Gasteiger partial charge in [0.15, 0.2) is 0 Å². The number of hydrogen-bond donors (Lipinski definition) is 2. The standard InChI is InChI=1S/C8H14FNS/c9-10-7-1-4-8(11,5-2-7)6-3-7/h10-11H,1-6H2. The quantitative estimate of drug-likeness (QED) is 0.460. The van der Waals surface area contributed by atoms with Gasteiger partial charge in [-0.3, -0.25) is 0 Å². The summed E-state index contributed by atoms with van der Waals surface area (Å²) in [5.41, 5.74) is 1.83. The third kappa shape index (κ3) is 1.18. The van der Waals surface area contributed by atoms with Crippen LogP contribution in [-0.4, -0.2) is 10.3 Å². The molecule has 3 aliphatic rings. The minimum absolute atomic E-state index is 0.162. The van der Waals surface area contributed by atoms with Crippen molar-refractivity contribution in [1.29, 1.82) is 0 Å². The third-order valence-electron chi connectivity index (χ3n) is 3.41. The van der Waals surface area contributed by atoms with Gasteiger partial charge in [-0.05, 0) is 38.5 Å². The first kappa shape index (κ1) is 7.87. The van der Waals surface area contributed by atoms with Gasteiger partial charge in [-0.25, -0.2) is 0 Å². The molecule has 0 amide bonds. The van der Waals surface area contributed by atoms with Crippen molar-refractivity contribution in [2.45, 2.75) is 48.8 Å². The number of fused-ring (bicyclic) bond motifs is 3. The van der Waals surface area contributed by atoms with Crippen LogP contribution in [-0.2, 0) is 0 Å². The predicted octanol–water partition coefficient (Wildman–Crippen LogP) is 2.24. The van der Waals surface area contributed by atoms with Crippen molar-refractivity contribution in [2.75, 3.05) is 0 Å². The van der Waals surface area contributed by atoms with E-state index in [4.69, 9.17) is 0 Å². The molecule has 0 aliphatic heterocycles. The smallest absolute Gasteiger partial charge is 0.0483 e. The first-order valence-corrected chi connectivity index (χ1v) is 4.73. The Labute approximate surface area is 72.1 Å². The predicted molar refractivity (Wildman–Crippen MR) is 46.4 cm³/mol. The van der Waals surface area contributed by atoms with E-state index in [-0.39, 0.29) is 10.3 Å². The van der Waals surface area contributed by atoms with Gasteiger partial charge in [0.05, 0.1) is 0 Å². The van der Waals surface area contributed by atoms with Gasteiger partial charge in [0.2, 0.25) is 0 Å². The molecule has 1 N–H and O–H groups in total. The highest BCUT2D eigenvalue weighted by Gasteiger charge is 2.46. The zero-order chi connectivity index (χ0) is 7.95. The summed E-state index contributed by atoms with van der Waals surface area (Å²) in [6.07, 6.45) is 6.13. The molecule has 3 fully saturated rings.